The molecule has 1 aliphatic heterocycles. The molecule has 0 aromatic carbocycles. The molecule has 1 saturated heterocycles. The topological polar surface area (TPSA) is 24.1 Å². The smallest absolute Gasteiger partial charge is 0.0153 e. The van der Waals surface area contributed by atoms with E-state index in [9.17, 15) is 0 Å². The standard InChI is InChI=1S/C15H30N2/c1-3-7-15(10-6-11-16-12-15)13-17-14(2)8-4-5-9-14/h16-17H,3-13H2,1-2H3. The summed E-state index contributed by atoms with van der Waals surface area (Å²) in [6.45, 7) is 8.43. The van der Waals surface area contributed by atoms with E-state index in [2.05, 4.69) is 24.5 Å². The van der Waals surface area contributed by atoms with Gasteiger partial charge in [0.15, 0.2) is 0 Å². The Morgan fingerprint density at radius 3 is 2.47 bits per heavy atom. The molecule has 2 nitrogen and oxygen atoms in total. The highest BCUT2D eigenvalue weighted by Gasteiger charge is 2.35. The van der Waals surface area contributed by atoms with E-state index in [1.165, 1.54) is 71.0 Å². The molecule has 0 aromatic heterocycles. The fourth-order valence-electron chi connectivity index (χ4n) is 3.75. The summed E-state index contributed by atoms with van der Waals surface area (Å²) in [6.07, 6.45) is 11.1. The zero-order valence-corrected chi connectivity index (χ0v) is 11.8. The van der Waals surface area contributed by atoms with E-state index < -0.39 is 0 Å². The Morgan fingerprint density at radius 2 is 1.88 bits per heavy atom. The van der Waals surface area contributed by atoms with E-state index in [1.807, 2.05) is 0 Å². The minimum Gasteiger partial charge on any atom is -0.316 e. The second kappa shape index (κ2) is 5.71. The van der Waals surface area contributed by atoms with Crippen molar-refractivity contribution in [2.45, 2.75) is 70.8 Å². The van der Waals surface area contributed by atoms with Gasteiger partial charge < -0.3 is 10.6 Å². The maximum atomic E-state index is 3.91. The number of piperidine rings is 1. The first-order valence-electron chi connectivity index (χ1n) is 7.64. The molecule has 2 fully saturated rings. The molecule has 0 spiro atoms. The van der Waals surface area contributed by atoms with Crippen molar-refractivity contribution in [2.75, 3.05) is 19.6 Å². The zero-order chi connectivity index (χ0) is 12.2. The van der Waals surface area contributed by atoms with E-state index in [4.69, 9.17) is 0 Å². The van der Waals surface area contributed by atoms with E-state index in [1.54, 1.807) is 0 Å². The van der Waals surface area contributed by atoms with Gasteiger partial charge in [0, 0.05) is 18.6 Å². The molecule has 2 N–H and O–H groups in total. The number of nitrogens with one attached hydrogen (secondary N) is 2. The number of rotatable bonds is 5. The molecule has 0 aromatic rings. The maximum absolute atomic E-state index is 3.91. The molecule has 1 atom stereocenters. The van der Waals surface area contributed by atoms with E-state index >= 15 is 0 Å². The van der Waals surface area contributed by atoms with Gasteiger partial charge in [-0.15, -0.1) is 0 Å². The fraction of sp³-hybridized carbons (Fsp3) is 1.00. The maximum Gasteiger partial charge on any atom is 0.0153 e. The lowest BCUT2D eigenvalue weighted by Gasteiger charge is -2.41. The summed E-state index contributed by atoms with van der Waals surface area (Å²) >= 11 is 0. The molecule has 2 rings (SSSR count). The lowest BCUT2D eigenvalue weighted by molar-refractivity contribution is 0.162. The van der Waals surface area contributed by atoms with Crippen molar-refractivity contribution in [3.8, 4) is 0 Å². The monoisotopic (exact) mass is 238 g/mol. The predicted molar refractivity (Wildman–Crippen MR) is 74.3 cm³/mol. The summed E-state index contributed by atoms with van der Waals surface area (Å²) in [7, 11) is 0. The van der Waals surface area contributed by atoms with Crippen molar-refractivity contribution in [2.24, 2.45) is 5.41 Å². The molecule has 100 valence electrons. The van der Waals surface area contributed by atoms with Crippen LogP contribution >= 0.6 is 0 Å². The average Bonchev–Trinajstić information content (AvgIpc) is 2.76. The summed E-state index contributed by atoms with van der Waals surface area (Å²) in [5.74, 6) is 0. The highest BCUT2D eigenvalue weighted by molar-refractivity contribution is 4.93. The molecule has 1 aliphatic carbocycles. The van der Waals surface area contributed by atoms with Crippen LogP contribution in [0.2, 0.25) is 0 Å². The predicted octanol–water partition coefficient (Wildman–Crippen LogP) is 3.08. The van der Waals surface area contributed by atoms with Crippen LogP contribution in [0.15, 0.2) is 0 Å². The molecule has 1 saturated carbocycles. The van der Waals surface area contributed by atoms with E-state index in [-0.39, 0.29) is 0 Å². The third kappa shape index (κ3) is 3.45. The summed E-state index contributed by atoms with van der Waals surface area (Å²) in [5.41, 5.74) is 0.983. The zero-order valence-electron chi connectivity index (χ0n) is 11.8. The van der Waals surface area contributed by atoms with Crippen LogP contribution < -0.4 is 10.6 Å². The van der Waals surface area contributed by atoms with Crippen molar-refractivity contribution in [3.05, 3.63) is 0 Å². The first kappa shape index (κ1) is 13.4. The Kier molecular flexibility index (Phi) is 4.48. The van der Waals surface area contributed by atoms with Gasteiger partial charge in [0.05, 0.1) is 0 Å². The second-order valence-corrected chi connectivity index (χ2v) is 6.65. The van der Waals surface area contributed by atoms with Gasteiger partial charge in [-0.3, -0.25) is 0 Å². The van der Waals surface area contributed by atoms with Crippen molar-refractivity contribution in [3.63, 3.8) is 0 Å². The summed E-state index contributed by atoms with van der Waals surface area (Å²) in [5, 5.41) is 7.52. The normalized spacial score (nSPS) is 32.8. The minimum absolute atomic E-state index is 0.443. The van der Waals surface area contributed by atoms with Gasteiger partial charge in [0.2, 0.25) is 0 Å². The molecular formula is C15H30N2. The first-order valence-corrected chi connectivity index (χ1v) is 7.64. The fourth-order valence-corrected chi connectivity index (χ4v) is 3.75. The Bertz CT molecular complexity index is 220. The lowest BCUT2D eigenvalue weighted by Crippen LogP contribution is -2.51. The van der Waals surface area contributed by atoms with Crippen molar-refractivity contribution >= 4 is 0 Å². The molecule has 0 bridgehead atoms. The first-order chi connectivity index (χ1) is 8.18. The van der Waals surface area contributed by atoms with Crippen molar-refractivity contribution in [1.82, 2.24) is 10.6 Å². The molecule has 0 amide bonds. The number of hydrogen-bond donors (Lipinski definition) is 2. The van der Waals surface area contributed by atoms with Gasteiger partial charge in [-0.25, -0.2) is 0 Å². The summed E-state index contributed by atoms with van der Waals surface area (Å²) in [4.78, 5) is 0. The minimum atomic E-state index is 0.443. The highest BCUT2D eigenvalue weighted by atomic mass is 15.0. The van der Waals surface area contributed by atoms with E-state index in [0.717, 1.165) is 0 Å². The Balaban J connectivity index is 1.88. The average molecular weight is 238 g/mol. The van der Waals surface area contributed by atoms with Gasteiger partial charge in [-0.05, 0) is 51.0 Å². The third-order valence-corrected chi connectivity index (χ3v) is 4.94. The van der Waals surface area contributed by atoms with Crippen LogP contribution in [0.3, 0.4) is 0 Å². The van der Waals surface area contributed by atoms with Crippen LogP contribution in [0.1, 0.15) is 65.2 Å². The van der Waals surface area contributed by atoms with Crippen LogP contribution in [-0.2, 0) is 0 Å². The molecule has 2 heteroatoms. The molecule has 1 unspecified atom stereocenters. The second-order valence-electron chi connectivity index (χ2n) is 6.65. The van der Waals surface area contributed by atoms with Gasteiger partial charge in [0.1, 0.15) is 0 Å². The highest BCUT2D eigenvalue weighted by Crippen LogP contribution is 2.34. The number of hydrogen-bond acceptors (Lipinski definition) is 2. The SMILES string of the molecule is CCCC1(CNC2(C)CCCC2)CCCNC1. The molecular weight excluding hydrogens is 208 g/mol. The lowest BCUT2D eigenvalue weighted by atomic mass is 9.76. The summed E-state index contributed by atoms with van der Waals surface area (Å²) in [6, 6.07) is 0. The molecule has 0 radical (unpaired) electrons. The third-order valence-electron chi connectivity index (χ3n) is 4.94. The van der Waals surface area contributed by atoms with Crippen LogP contribution in [0.25, 0.3) is 0 Å². The Morgan fingerprint density at radius 1 is 1.12 bits per heavy atom. The van der Waals surface area contributed by atoms with Crippen molar-refractivity contribution < 1.29 is 0 Å². The van der Waals surface area contributed by atoms with Gasteiger partial charge in [0.25, 0.3) is 0 Å². The van der Waals surface area contributed by atoms with Gasteiger partial charge >= 0.3 is 0 Å². The quantitative estimate of drug-likeness (QED) is 0.769. The molecule has 17 heavy (non-hydrogen) atoms. The van der Waals surface area contributed by atoms with Gasteiger partial charge in [-0.1, -0.05) is 26.2 Å². The largest absolute Gasteiger partial charge is 0.316 e. The summed E-state index contributed by atoms with van der Waals surface area (Å²) < 4.78 is 0. The van der Waals surface area contributed by atoms with Crippen LogP contribution in [-0.4, -0.2) is 25.2 Å². The molecule has 2 aliphatic rings. The Labute approximate surface area is 107 Å². The van der Waals surface area contributed by atoms with Crippen molar-refractivity contribution in [1.29, 1.82) is 0 Å². The van der Waals surface area contributed by atoms with Gasteiger partial charge in [-0.2, -0.15) is 0 Å². The van der Waals surface area contributed by atoms with Crippen LogP contribution in [0.4, 0.5) is 0 Å². The molecule has 1 heterocycles. The Hall–Kier alpha value is -0.0800. The van der Waals surface area contributed by atoms with E-state index in [0.29, 0.717) is 11.0 Å². The van der Waals surface area contributed by atoms with Crippen LogP contribution in [0, 0.1) is 5.41 Å². The van der Waals surface area contributed by atoms with Crippen LogP contribution in [0.5, 0.6) is 0 Å².